The monoisotopic (exact) mass is 493 g/mol. The van der Waals surface area contributed by atoms with Crippen molar-refractivity contribution in [2.45, 2.75) is 38.0 Å². The van der Waals surface area contributed by atoms with Gasteiger partial charge in [-0.25, -0.2) is 9.97 Å². The Balaban J connectivity index is 1.48. The number of rotatable bonds is 7. The maximum Gasteiger partial charge on any atom is 0.258 e. The summed E-state index contributed by atoms with van der Waals surface area (Å²) in [4.78, 5) is 31.4. The van der Waals surface area contributed by atoms with Gasteiger partial charge in [0.2, 0.25) is 5.95 Å². The molecule has 0 bridgehead atoms. The first kappa shape index (κ1) is 24.6. The van der Waals surface area contributed by atoms with Crippen LogP contribution in [0.5, 0.6) is 0 Å². The van der Waals surface area contributed by atoms with E-state index in [1.54, 1.807) is 29.6 Å². The molecule has 1 amide bonds. The van der Waals surface area contributed by atoms with Crippen molar-refractivity contribution in [1.29, 1.82) is 0 Å². The van der Waals surface area contributed by atoms with Gasteiger partial charge in [0.15, 0.2) is 0 Å². The van der Waals surface area contributed by atoms with E-state index in [-0.39, 0.29) is 11.9 Å². The molecule has 2 unspecified atom stereocenters. The van der Waals surface area contributed by atoms with Gasteiger partial charge in [0, 0.05) is 49.9 Å². The zero-order valence-electron chi connectivity index (χ0n) is 20.9. The minimum absolute atomic E-state index is 0.163. The lowest BCUT2D eigenvalue weighted by molar-refractivity contribution is 0.0211. The van der Waals surface area contributed by atoms with Gasteiger partial charge < -0.3 is 14.9 Å². The first-order chi connectivity index (χ1) is 18.1. The summed E-state index contributed by atoms with van der Waals surface area (Å²) in [6.45, 7) is 1.22. The average molecular weight is 494 g/mol. The van der Waals surface area contributed by atoms with Gasteiger partial charge >= 0.3 is 0 Å². The van der Waals surface area contributed by atoms with Crippen LogP contribution in [0.15, 0.2) is 91.4 Å². The Morgan fingerprint density at radius 1 is 1.03 bits per heavy atom. The van der Waals surface area contributed by atoms with E-state index in [1.807, 2.05) is 66.5 Å². The predicted molar refractivity (Wildman–Crippen MR) is 144 cm³/mol. The minimum Gasteiger partial charge on any atom is -0.386 e. The Morgan fingerprint density at radius 3 is 2.51 bits per heavy atom. The highest BCUT2D eigenvalue weighted by atomic mass is 16.3. The third kappa shape index (κ3) is 5.52. The second kappa shape index (κ2) is 11.3. The Labute approximate surface area is 217 Å². The summed E-state index contributed by atoms with van der Waals surface area (Å²) in [6, 6.07) is 23.2. The van der Waals surface area contributed by atoms with Crippen LogP contribution in [0, 0.1) is 0 Å². The quantitative estimate of drug-likeness (QED) is 0.394. The molecule has 1 aliphatic heterocycles. The van der Waals surface area contributed by atoms with E-state index < -0.39 is 6.10 Å². The predicted octanol–water partition coefficient (Wildman–Crippen LogP) is 4.90. The maximum atomic E-state index is 14.0. The fraction of sp³-hybridized carbons (Fsp3) is 0.267. The van der Waals surface area contributed by atoms with Crippen LogP contribution in [0.25, 0.3) is 11.3 Å². The molecule has 2 atom stereocenters. The third-order valence-electron chi connectivity index (χ3n) is 6.86. The first-order valence-corrected chi connectivity index (χ1v) is 12.7. The molecule has 0 radical (unpaired) electrons. The Kier molecular flexibility index (Phi) is 7.51. The zero-order chi connectivity index (χ0) is 25.6. The van der Waals surface area contributed by atoms with Crippen LogP contribution >= 0.6 is 0 Å². The van der Waals surface area contributed by atoms with Crippen LogP contribution in [-0.2, 0) is 6.54 Å². The first-order valence-electron chi connectivity index (χ1n) is 12.7. The van der Waals surface area contributed by atoms with Gasteiger partial charge in [0.05, 0.1) is 17.3 Å². The molecule has 3 heterocycles. The lowest BCUT2D eigenvalue weighted by Gasteiger charge is -2.38. The molecule has 37 heavy (non-hydrogen) atoms. The van der Waals surface area contributed by atoms with Gasteiger partial charge in [-0.3, -0.25) is 9.78 Å². The largest absolute Gasteiger partial charge is 0.386 e. The number of pyridine rings is 1. The summed E-state index contributed by atoms with van der Waals surface area (Å²) in [5.41, 5.74) is 3.74. The van der Waals surface area contributed by atoms with Gasteiger partial charge in [0.25, 0.3) is 5.91 Å². The normalized spacial score (nSPS) is 16.3. The number of amides is 1. The van der Waals surface area contributed by atoms with Crippen molar-refractivity contribution in [3.63, 3.8) is 0 Å². The molecule has 1 fully saturated rings. The number of carbonyl (C=O) groups is 1. The van der Waals surface area contributed by atoms with Crippen LogP contribution in [0.3, 0.4) is 0 Å². The molecule has 0 saturated carbocycles. The van der Waals surface area contributed by atoms with Crippen molar-refractivity contribution >= 4 is 11.9 Å². The Bertz CT molecular complexity index is 1320. The number of benzene rings is 2. The zero-order valence-corrected chi connectivity index (χ0v) is 20.9. The van der Waals surface area contributed by atoms with E-state index >= 15 is 0 Å². The van der Waals surface area contributed by atoms with Gasteiger partial charge in [-0.1, -0.05) is 66.7 Å². The second-order valence-corrected chi connectivity index (χ2v) is 9.43. The highest BCUT2D eigenvalue weighted by molar-refractivity contribution is 6.00. The van der Waals surface area contributed by atoms with E-state index in [2.05, 4.69) is 22.1 Å². The van der Waals surface area contributed by atoms with E-state index in [4.69, 9.17) is 4.98 Å². The number of aromatic nitrogens is 3. The number of piperidine rings is 1. The number of hydrogen-bond donors (Lipinski definition) is 1. The van der Waals surface area contributed by atoms with Crippen molar-refractivity contribution in [3.8, 4) is 11.3 Å². The highest BCUT2D eigenvalue weighted by Gasteiger charge is 2.35. The SMILES string of the molecule is CN(Cc1ccccc1)c1ncc(C(=O)N2CCCCC2C(O)c2cccnc2)c(-c2ccccc2)n1. The maximum absolute atomic E-state index is 14.0. The second-order valence-electron chi connectivity index (χ2n) is 9.43. The topological polar surface area (TPSA) is 82.5 Å². The third-order valence-corrected chi connectivity index (χ3v) is 6.86. The molecule has 0 spiro atoms. The molecular weight excluding hydrogens is 462 g/mol. The van der Waals surface area contributed by atoms with Gasteiger partial charge in [-0.05, 0) is 30.9 Å². The van der Waals surface area contributed by atoms with Crippen molar-refractivity contribution in [2.75, 3.05) is 18.5 Å². The number of aliphatic hydroxyl groups is 1. The molecule has 1 N–H and O–H groups in total. The van der Waals surface area contributed by atoms with Crippen LogP contribution in [-0.4, -0.2) is 50.5 Å². The molecule has 1 aliphatic rings. The lowest BCUT2D eigenvalue weighted by Crippen LogP contribution is -2.47. The van der Waals surface area contributed by atoms with Crippen molar-refractivity contribution in [3.05, 3.63) is 108 Å². The molecule has 0 aliphatic carbocycles. The summed E-state index contributed by atoms with van der Waals surface area (Å²) in [5.74, 6) is 0.383. The van der Waals surface area contributed by atoms with Crippen LogP contribution in [0.1, 0.15) is 46.9 Å². The number of aliphatic hydroxyl groups excluding tert-OH is 1. The average Bonchev–Trinajstić information content (AvgIpc) is 2.97. The summed E-state index contributed by atoms with van der Waals surface area (Å²) in [6.07, 6.45) is 6.74. The van der Waals surface area contributed by atoms with Crippen LogP contribution < -0.4 is 4.90 Å². The smallest absolute Gasteiger partial charge is 0.258 e. The number of carbonyl (C=O) groups excluding carboxylic acids is 1. The Hall–Kier alpha value is -4.10. The number of nitrogens with zero attached hydrogens (tertiary/aromatic N) is 5. The molecule has 2 aromatic carbocycles. The van der Waals surface area contributed by atoms with Crippen LogP contribution in [0.4, 0.5) is 5.95 Å². The molecule has 1 saturated heterocycles. The van der Waals surface area contributed by atoms with Crippen LogP contribution in [0.2, 0.25) is 0 Å². The summed E-state index contributed by atoms with van der Waals surface area (Å²) in [7, 11) is 1.95. The molecule has 7 heteroatoms. The molecule has 5 rings (SSSR count). The minimum atomic E-state index is -0.810. The summed E-state index contributed by atoms with van der Waals surface area (Å²) in [5, 5.41) is 11.2. The van der Waals surface area contributed by atoms with Gasteiger partial charge in [-0.2, -0.15) is 0 Å². The standard InChI is InChI=1S/C30H31N5O2/c1-34(21-22-11-4-2-5-12-22)30-32-20-25(27(33-30)23-13-6-3-7-14-23)29(37)35-18-9-8-16-26(35)28(36)24-15-10-17-31-19-24/h2-7,10-15,17,19-20,26,28,36H,8-9,16,18,21H2,1H3. The summed E-state index contributed by atoms with van der Waals surface area (Å²) < 4.78 is 0. The van der Waals surface area contributed by atoms with Crippen molar-refractivity contribution in [1.82, 2.24) is 19.9 Å². The number of likely N-dealkylation sites (tertiary alicyclic amines) is 1. The Morgan fingerprint density at radius 2 is 1.78 bits per heavy atom. The fourth-order valence-electron chi connectivity index (χ4n) is 4.92. The van der Waals surface area contributed by atoms with Gasteiger partial charge in [0.1, 0.15) is 6.10 Å². The van der Waals surface area contributed by atoms with E-state index in [0.717, 1.165) is 30.4 Å². The van der Waals surface area contributed by atoms with Crippen molar-refractivity contribution < 1.29 is 9.90 Å². The number of anilines is 1. The highest BCUT2D eigenvalue weighted by Crippen LogP contribution is 2.32. The van der Waals surface area contributed by atoms with E-state index in [9.17, 15) is 9.90 Å². The molecule has 4 aromatic rings. The molecule has 188 valence electrons. The molecule has 2 aromatic heterocycles. The van der Waals surface area contributed by atoms with E-state index in [1.165, 1.54) is 0 Å². The number of hydrogen-bond acceptors (Lipinski definition) is 6. The van der Waals surface area contributed by atoms with Crippen molar-refractivity contribution in [2.24, 2.45) is 0 Å². The van der Waals surface area contributed by atoms with E-state index in [0.29, 0.717) is 35.9 Å². The van der Waals surface area contributed by atoms with Gasteiger partial charge in [-0.15, -0.1) is 0 Å². The molecule has 7 nitrogen and oxygen atoms in total. The lowest BCUT2D eigenvalue weighted by atomic mass is 9.92. The summed E-state index contributed by atoms with van der Waals surface area (Å²) >= 11 is 0. The fourth-order valence-corrected chi connectivity index (χ4v) is 4.92. The molecular formula is C30H31N5O2.